The van der Waals surface area contributed by atoms with Crippen LogP contribution in [0.15, 0.2) is 72.9 Å². The van der Waals surface area contributed by atoms with E-state index in [2.05, 4.69) is 15.0 Å². The van der Waals surface area contributed by atoms with E-state index in [1.807, 2.05) is 30.5 Å². The summed E-state index contributed by atoms with van der Waals surface area (Å²) in [6.07, 6.45) is -2.83. The highest BCUT2D eigenvalue weighted by molar-refractivity contribution is 5.99. The zero-order valence-electron chi connectivity index (χ0n) is 18.9. The number of H-pyrrole nitrogens is 1. The van der Waals surface area contributed by atoms with Crippen molar-refractivity contribution in [3.8, 4) is 16.9 Å². The molecule has 1 unspecified atom stereocenters. The van der Waals surface area contributed by atoms with Crippen LogP contribution in [0.25, 0.3) is 22.0 Å². The first-order valence-electron chi connectivity index (χ1n) is 11.0. The molecule has 7 nitrogen and oxygen atoms in total. The van der Waals surface area contributed by atoms with Crippen LogP contribution in [0, 0.1) is 0 Å². The molecule has 10 heteroatoms. The molecule has 186 valence electrons. The van der Waals surface area contributed by atoms with Crippen molar-refractivity contribution in [2.45, 2.75) is 18.8 Å². The Morgan fingerprint density at radius 1 is 1.00 bits per heavy atom. The van der Waals surface area contributed by atoms with E-state index in [0.29, 0.717) is 17.5 Å². The van der Waals surface area contributed by atoms with Crippen LogP contribution in [0.4, 0.5) is 13.2 Å². The summed E-state index contributed by atoms with van der Waals surface area (Å²) < 4.78 is 43.3. The topological polar surface area (TPSA) is 123 Å². The summed E-state index contributed by atoms with van der Waals surface area (Å²) in [5, 5.41) is 3.68. The van der Waals surface area contributed by atoms with Crippen molar-refractivity contribution in [1.29, 1.82) is 0 Å². The number of nitrogens with one attached hydrogen (secondary N) is 2. The van der Waals surface area contributed by atoms with Gasteiger partial charge in [-0.15, -0.1) is 13.2 Å². The minimum Gasteiger partial charge on any atom is -0.405 e. The van der Waals surface area contributed by atoms with Gasteiger partial charge in [0, 0.05) is 35.2 Å². The maximum Gasteiger partial charge on any atom is 0.573 e. The number of para-hydroxylation sites is 1. The number of carbonyl (C=O) groups is 2. The summed E-state index contributed by atoms with van der Waals surface area (Å²) in [5.74, 6) is -2.09. The highest BCUT2D eigenvalue weighted by atomic mass is 19.4. The molecule has 0 aliphatic heterocycles. The number of hydrogen-bond acceptors (Lipinski definition) is 4. The zero-order chi connectivity index (χ0) is 25.9. The number of aromatic nitrogens is 1. The average molecular weight is 496 g/mol. The van der Waals surface area contributed by atoms with Gasteiger partial charge in [0.05, 0.1) is 5.56 Å². The normalized spacial score (nSPS) is 12.3. The molecule has 0 radical (unpaired) electrons. The number of ether oxygens (including phenoxy) is 1. The predicted octanol–water partition coefficient (Wildman–Crippen LogP) is 4.13. The predicted molar refractivity (Wildman–Crippen MR) is 129 cm³/mol. The lowest BCUT2D eigenvalue weighted by Crippen LogP contribution is -2.42. The van der Waals surface area contributed by atoms with Gasteiger partial charge >= 0.3 is 6.36 Å². The summed E-state index contributed by atoms with van der Waals surface area (Å²) >= 11 is 0. The summed E-state index contributed by atoms with van der Waals surface area (Å²) in [6.45, 7) is 0.0566. The molecule has 0 spiro atoms. The Bertz CT molecular complexity index is 1420. The standard InChI is InChI=1S/C26H23F3N4O3/c27-26(28,29)36-23-9-8-16(15-4-3-5-17(10-15)24(31)34)12-21(23)25(35)33-19(13-30)11-18-14-32-22-7-2-1-6-20(18)22/h1-10,12,14,19,32H,11,13,30H2,(H2,31,34)(H,33,35). The molecule has 0 bridgehead atoms. The monoisotopic (exact) mass is 496 g/mol. The summed E-state index contributed by atoms with van der Waals surface area (Å²) in [6, 6.07) is 17.0. The van der Waals surface area contributed by atoms with Crippen LogP contribution in [0.3, 0.4) is 0 Å². The second-order valence-electron chi connectivity index (χ2n) is 8.17. The molecule has 0 saturated carbocycles. The van der Waals surface area contributed by atoms with Gasteiger partial charge in [0.15, 0.2) is 0 Å². The number of halogens is 3. The highest BCUT2D eigenvalue weighted by Crippen LogP contribution is 2.31. The number of carbonyl (C=O) groups excluding carboxylic acids is 2. The van der Waals surface area contributed by atoms with Gasteiger partial charge in [-0.2, -0.15) is 0 Å². The molecule has 2 amide bonds. The molecule has 6 N–H and O–H groups in total. The Balaban J connectivity index is 1.65. The van der Waals surface area contributed by atoms with Crippen LogP contribution in [0.5, 0.6) is 5.75 Å². The van der Waals surface area contributed by atoms with Crippen LogP contribution in [0.2, 0.25) is 0 Å². The van der Waals surface area contributed by atoms with E-state index in [0.717, 1.165) is 22.5 Å². The van der Waals surface area contributed by atoms with Crippen LogP contribution >= 0.6 is 0 Å². The Morgan fingerprint density at radius 3 is 2.47 bits per heavy atom. The number of nitrogens with two attached hydrogens (primary N) is 2. The summed E-state index contributed by atoms with van der Waals surface area (Å²) in [5.41, 5.74) is 13.8. The first-order valence-corrected chi connectivity index (χ1v) is 11.0. The molecule has 1 heterocycles. The Kier molecular flexibility index (Phi) is 6.98. The van der Waals surface area contributed by atoms with E-state index in [9.17, 15) is 22.8 Å². The summed E-state index contributed by atoms with van der Waals surface area (Å²) in [4.78, 5) is 27.9. The number of benzene rings is 3. The SMILES string of the molecule is NCC(Cc1c[nH]c2ccccc12)NC(=O)c1cc(-c2cccc(C(N)=O)c2)ccc1OC(F)(F)F. The number of hydrogen-bond donors (Lipinski definition) is 4. The molecular formula is C26H23F3N4O3. The van der Waals surface area contributed by atoms with Gasteiger partial charge in [0.25, 0.3) is 5.91 Å². The number of aromatic amines is 1. The fourth-order valence-electron chi connectivity index (χ4n) is 3.98. The van der Waals surface area contributed by atoms with E-state index in [1.165, 1.54) is 24.3 Å². The van der Waals surface area contributed by atoms with Crippen molar-refractivity contribution >= 4 is 22.7 Å². The minimum absolute atomic E-state index is 0.0566. The smallest absolute Gasteiger partial charge is 0.405 e. The van der Waals surface area contributed by atoms with Crippen molar-refractivity contribution in [2.24, 2.45) is 11.5 Å². The van der Waals surface area contributed by atoms with Gasteiger partial charge in [-0.3, -0.25) is 9.59 Å². The molecule has 3 aromatic carbocycles. The first-order chi connectivity index (χ1) is 17.1. The molecule has 0 aliphatic carbocycles. The lowest BCUT2D eigenvalue weighted by molar-refractivity contribution is -0.274. The first kappa shape index (κ1) is 24.8. The van der Waals surface area contributed by atoms with E-state index < -0.39 is 30.0 Å². The number of fused-ring (bicyclic) bond motifs is 1. The quantitative estimate of drug-likeness (QED) is 0.293. The Morgan fingerprint density at radius 2 is 1.75 bits per heavy atom. The van der Waals surface area contributed by atoms with Crippen molar-refractivity contribution in [3.63, 3.8) is 0 Å². The van der Waals surface area contributed by atoms with E-state index in [-0.39, 0.29) is 17.7 Å². The van der Waals surface area contributed by atoms with Crippen LogP contribution in [-0.4, -0.2) is 35.7 Å². The van der Waals surface area contributed by atoms with Gasteiger partial charge in [0.2, 0.25) is 5.91 Å². The molecule has 1 atom stereocenters. The molecular weight excluding hydrogens is 473 g/mol. The van der Waals surface area contributed by atoms with Gasteiger partial charge in [0.1, 0.15) is 5.75 Å². The second kappa shape index (κ2) is 10.1. The fourth-order valence-corrected chi connectivity index (χ4v) is 3.98. The largest absolute Gasteiger partial charge is 0.573 e. The molecule has 4 rings (SSSR count). The number of amides is 2. The average Bonchev–Trinajstić information content (AvgIpc) is 3.25. The van der Waals surface area contributed by atoms with E-state index in [4.69, 9.17) is 11.5 Å². The third-order valence-electron chi connectivity index (χ3n) is 5.69. The van der Waals surface area contributed by atoms with Crippen molar-refractivity contribution in [1.82, 2.24) is 10.3 Å². The molecule has 1 aromatic heterocycles. The Labute approximate surface area is 204 Å². The van der Waals surface area contributed by atoms with Crippen LogP contribution in [-0.2, 0) is 6.42 Å². The van der Waals surface area contributed by atoms with E-state index in [1.54, 1.807) is 12.1 Å². The van der Waals surface area contributed by atoms with Crippen LogP contribution < -0.4 is 21.5 Å². The van der Waals surface area contributed by atoms with Gasteiger partial charge in [-0.05, 0) is 53.4 Å². The third kappa shape index (κ3) is 5.66. The van der Waals surface area contributed by atoms with Crippen molar-refractivity contribution in [2.75, 3.05) is 6.54 Å². The number of primary amides is 1. The maximum atomic E-state index is 13.2. The Hall–Kier alpha value is -4.31. The lowest BCUT2D eigenvalue weighted by Gasteiger charge is -2.19. The van der Waals surface area contributed by atoms with Gasteiger partial charge in [-0.1, -0.05) is 36.4 Å². The van der Waals surface area contributed by atoms with Crippen molar-refractivity contribution < 1.29 is 27.5 Å². The lowest BCUT2D eigenvalue weighted by atomic mass is 9.99. The molecule has 0 saturated heterocycles. The van der Waals surface area contributed by atoms with Gasteiger partial charge in [-0.25, -0.2) is 0 Å². The highest BCUT2D eigenvalue weighted by Gasteiger charge is 2.33. The summed E-state index contributed by atoms with van der Waals surface area (Å²) in [7, 11) is 0. The molecule has 0 aliphatic rings. The van der Waals surface area contributed by atoms with Crippen molar-refractivity contribution in [3.05, 3.63) is 89.6 Å². The number of alkyl halides is 3. The zero-order valence-corrected chi connectivity index (χ0v) is 18.9. The number of rotatable bonds is 8. The molecule has 36 heavy (non-hydrogen) atoms. The minimum atomic E-state index is -5.00. The maximum absolute atomic E-state index is 13.2. The fraction of sp³-hybridized carbons (Fsp3) is 0.154. The van der Waals surface area contributed by atoms with E-state index >= 15 is 0 Å². The molecule has 4 aromatic rings. The third-order valence-corrected chi connectivity index (χ3v) is 5.69. The van der Waals surface area contributed by atoms with Crippen LogP contribution in [0.1, 0.15) is 26.3 Å². The van der Waals surface area contributed by atoms with Gasteiger partial charge < -0.3 is 26.5 Å². The second-order valence-corrected chi connectivity index (χ2v) is 8.17. The molecule has 0 fully saturated rings.